The van der Waals surface area contributed by atoms with Crippen molar-refractivity contribution < 1.29 is 38.9 Å². The van der Waals surface area contributed by atoms with Gasteiger partial charge in [0.15, 0.2) is 0 Å². The maximum Gasteiger partial charge on any atom is 0.294 e. The van der Waals surface area contributed by atoms with Gasteiger partial charge >= 0.3 is 0 Å². The van der Waals surface area contributed by atoms with E-state index in [4.69, 9.17) is 0 Å². The normalized spacial score (nSPS) is 13.1. The number of rotatable bonds is 10. The maximum absolute atomic E-state index is 11.6. The van der Waals surface area contributed by atoms with Crippen LogP contribution in [-0.2, 0) is 30.4 Å². The van der Waals surface area contributed by atoms with Crippen molar-refractivity contribution >= 4 is 70.1 Å². The van der Waals surface area contributed by atoms with Crippen LogP contribution in [-0.4, -0.2) is 44.6 Å². The molecule has 0 spiro atoms. The molecule has 0 heterocycles. The summed E-state index contributed by atoms with van der Waals surface area (Å²) in [5, 5.41) is 6.28. The highest BCUT2D eigenvalue weighted by atomic mass is 32.2. The molecule has 0 aliphatic heterocycles. The van der Waals surface area contributed by atoms with Gasteiger partial charge in [-0.25, -0.2) is 4.99 Å². The first-order chi connectivity index (χ1) is 24.6. The lowest BCUT2D eigenvalue weighted by Gasteiger charge is -2.16. The van der Waals surface area contributed by atoms with Gasteiger partial charge < -0.3 is 10.6 Å². The van der Waals surface area contributed by atoms with Crippen LogP contribution in [0.3, 0.4) is 0 Å². The lowest BCUT2D eigenvalue weighted by molar-refractivity contribution is 0.481. The molecule has 0 amide bonds. The number of benzene rings is 5. The van der Waals surface area contributed by atoms with Crippen LogP contribution in [0, 0.1) is 0 Å². The second-order valence-electron chi connectivity index (χ2n) is 11.4. The Balaban J connectivity index is 1.32. The fraction of sp³-hybridized carbons (Fsp3) is 0. The largest absolute Gasteiger partial charge is 0.355 e. The lowest BCUT2D eigenvalue weighted by atomic mass is 9.90. The lowest BCUT2D eigenvalue weighted by Crippen LogP contribution is -2.00. The number of nitrogens with one attached hydrogen (secondary N) is 2. The van der Waals surface area contributed by atoms with Crippen molar-refractivity contribution in [3.8, 4) is 0 Å². The first-order valence-corrected chi connectivity index (χ1v) is 19.6. The molecule has 0 aromatic heterocycles. The van der Waals surface area contributed by atoms with Crippen LogP contribution in [0.2, 0.25) is 0 Å². The zero-order valence-electron chi connectivity index (χ0n) is 26.8. The van der Waals surface area contributed by atoms with Crippen molar-refractivity contribution in [2.24, 2.45) is 4.99 Å². The van der Waals surface area contributed by atoms with Crippen molar-refractivity contribution in [2.45, 2.75) is 14.7 Å². The molecule has 0 atom stereocenters. The Hall–Kier alpha value is -5.68. The predicted octanol–water partition coefficient (Wildman–Crippen LogP) is 7.61. The highest BCUT2D eigenvalue weighted by molar-refractivity contribution is 7.86. The van der Waals surface area contributed by atoms with Gasteiger partial charge in [0.1, 0.15) is 0 Å². The molecule has 15 heteroatoms. The summed E-state index contributed by atoms with van der Waals surface area (Å²) in [6.07, 6.45) is 7.39. The summed E-state index contributed by atoms with van der Waals surface area (Å²) >= 11 is 0. The fourth-order valence-corrected chi connectivity index (χ4v) is 6.82. The molecular formula is C37H29N3O9S3. The molecule has 5 aromatic rings. The first kappa shape index (κ1) is 36.1. The third-order valence-corrected chi connectivity index (χ3v) is 10.3. The summed E-state index contributed by atoms with van der Waals surface area (Å²) in [6.45, 7) is 0. The van der Waals surface area contributed by atoms with Gasteiger partial charge in [0, 0.05) is 22.7 Å². The SMILES string of the molecule is O=S(=O)(O)c1ccc(N=C2C=CC(=C(c3ccc(Nc4cccc(S(=O)(=O)O)c4)cc3)c3ccc(Nc4cccc(S(=O)(=O)O)c4)cc3)C=C2)cc1. The molecule has 0 bridgehead atoms. The quantitative estimate of drug-likeness (QED) is 0.0879. The van der Waals surface area contributed by atoms with Crippen LogP contribution in [0.25, 0.3) is 5.57 Å². The number of anilines is 4. The molecule has 12 nitrogen and oxygen atoms in total. The van der Waals surface area contributed by atoms with Crippen molar-refractivity contribution in [3.05, 3.63) is 162 Å². The number of hydrogen-bond acceptors (Lipinski definition) is 9. The first-order valence-electron chi connectivity index (χ1n) is 15.3. The average Bonchev–Trinajstić information content (AvgIpc) is 3.10. The van der Waals surface area contributed by atoms with Crippen molar-refractivity contribution in [2.75, 3.05) is 10.6 Å². The number of hydrogen-bond donors (Lipinski definition) is 5. The summed E-state index contributed by atoms with van der Waals surface area (Å²) in [7, 11) is -13.1. The van der Waals surface area contributed by atoms with Gasteiger partial charge in [0.05, 0.1) is 26.1 Å². The Bertz CT molecular complexity index is 2470. The number of nitrogens with zero attached hydrogens (tertiary/aromatic N) is 1. The summed E-state index contributed by atoms with van der Waals surface area (Å²) < 4.78 is 97.3. The minimum absolute atomic E-state index is 0.235. The maximum atomic E-state index is 11.6. The van der Waals surface area contributed by atoms with Gasteiger partial charge in [-0.15, -0.1) is 0 Å². The molecule has 0 saturated carbocycles. The van der Waals surface area contributed by atoms with E-state index >= 15 is 0 Å². The van der Waals surface area contributed by atoms with Crippen LogP contribution < -0.4 is 10.6 Å². The molecule has 264 valence electrons. The minimum Gasteiger partial charge on any atom is -0.355 e. The van der Waals surface area contributed by atoms with Gasteiger partial charge in [-0.1, -0.05) is 48.6 Å². The molecule has 0 radical (unpaired) electrons. The highest BCUT2D eigenvalue weighted by Gasteiger charge is 2.15. The summed E-state index contributed by atoms with van der Waals surface area (Å²) in [5.74, 6) is 0. The van der Waals surface area contributed by atoms with E-state index < -0.39 is 30.4 Å². The molecule has 5 aromatic carbocycles. The molecule has 1 aliphatic carbocycles. The third-order valence-electron chi connectivity index (χ3n) is 7.74. The third kappa shape index (κ3) is 8.96. The Morgan fingerprint density at radius 3 is 1.29 bits per heavy atom. The van der Waals surface area contributed by atoms with Crippen molar-refractivity contribution in [3.63, 3.8) is 0 Å². The molecule has 0 saturated heterocycles. The van der Waals surface area contributed by atoms with E-state index in [0.717, 1.165) is 22.3 Å². The molecule has 1 aliphatic rings. The zero-order chi connectivity index (χ0) is 37.1. The van der Waals surface area contributed by atoms with E-state index in [9.17, 15) is 38.9 Å². The molecular weight excluding hydrogens is 727 g/mol. The van der Waals surface area contributed by atoms with E-state index in [2.05, 4.69) is 15.6 Å². The van der Waals surface area contributed by atoms with E-state index in [0.29, 0.717) is 34.1 Å². The molecule has 0 fully saturated rings. The standard InChI is InChI=1S/C37H29N3O9S3/c41-50(42,43)34-21-19-31(20-22-34)38-28-13-7-25(8-14-28)37(26-9-15-29(16-10-26)39-32-3-1-5-35(23-32)51(44,45)46)27-11-17-30(18-12-27)40-33-4-2-6-36(24-33)52(47,48)49/h1-24,39-40H,(H,41,42,43)(H,44,45,46)(H,47,48,49). The van der Waals surface area contributed by atoms with Gasteiger partial charge in [-0.2, -0.15) is 25.3 Å². The van der Waals surface area contributed by atoms with Gasteiger partial charge in [0.2, 0.25) is 0 Å². The van der Waals surface area contributed by atoms with Crippen LogP contribution in [0.15, 0.2) is 171 Å². The van der Waals surface area contributed by atoms with E-state index in [1.807, 2.05) is 72.8 Å². The van der Waals surface area contributed by atoms with Gasteiger partial charge in [-0.05, 0) is 119 Å². The highest BCUT2D eigenvalue weighted by Crippen LogP contribution is 2.33. The van der Waals surface area contributed by atoms with E-state index in [-0.39, 0.29) is 14.7 Å². The average molecular weight is 756 g/mol. The van der Waals surface area contributed by atoms with Crippen LogP contribution in [0.5, 0.6) is 0 Å². The fourth-order valence-electron chi connectivity index (χ4n) is 5.29. The van der Waals surface area contributed by atoms with Crippen molar-refractivity contribution in [1.82, 2.24) is 0 Å². The zero-order valence-corrected chi connectivity index (χ0v) is 29.3. The molecule has 0 unspecified atom stereocenters. The van der Waals surface area contributed by atoms with Crippen LogP contribution >= 0.6 is 0 Å². The minimum atomic E-state index is -4.37. The summed E-state index contributed by atoms with van der Waals surface area (Å²) in [4.78, 5) is 3.84. The Labute approximate surface area is 300 Å². The Morgan fingerprint density at radius 1 is 0.462 bits per heavy atom. The Kier molecular flexibility index (Phi) is 10.1. The molecule has 5 N–H and O–H groups in total. The van der Waals surface area contributed by atoms with Crippen molar-refractivity contribution in [1.29, 1.82) is 0 Å². The van der Waals surface area contributed by atoms with E-state index in [1.54, 1.807) is 12.1 Å². The monoisotopic (exact) mass is 755 g/mol. The van der Waals surface area contributed by atoms with Gasteiger partial charge in [0.25, 0.3) is 30.4 Å². The second-order valence-corrected chi connectivity index (χ2v) is 15.7. The number of allylic oxidation sites excluding steroid dienone is 5. The van der Waals surface area contributed by atoms with Crippen LogP contribution in [0.4, 0.5) is 28.4 Å². The van der Waals surface area contributed by atoms with Crippen LogP contribution in [0.1, 0.15) is 11.1 Å². The Morgan fingerprint density at radius 2 is 0.885 bits per heavy atom. The predicted molar refractivity (Wildman–Crippen MR) is 200 cm³/mol. The number of aliphatic imine (C=N–C) groups is 1. The van der Waals surface area contributed by atoms with Gasteiger partial charge in [-0.3, -0.25) is 13.7 Å². The smallest absolute Gasteiger partial charge is 0.294 e. The second kappa shape index (κ2) is 14.5. The topological polar surface area (TPSA) is 200 Å². The van der Waals surface area contributed by atoms with E-state index in [1.165, 1.54) is 60.7 Å². The molecule has 6 rings (SSSR count). The summed E-state index contributed by atoms with van der Waals surface area (Å²) in [6, 6.07) is 32.0. The summed E-state index contributed by atoms with van der Waals surface area (Å²) in [5.41, 5.74) is 6.70. The molecule has 52 heavy (non-hydrogen) atoms.